The lowest BCUT2D eigenvalue weighted by atomic mass is 10.0. The minimum absolute atomic E-state index is 0.0193. The van der Waals surface area contributed by atoms with Crippen LogP contribution in [0.15, 0.2) is 22.7 Å². The van der Waals surface area contributed by atoms with Crippen LogP contribution < -0.4 is 5.32 Å². The fourth-order valence-corrected chi connectivity index (χ4v) is 2.02. The Kier molecular flexibility index (Phi) is 5.51. The van der Waals surface area contributed by atoms with Gasteiger partial charge in [-0.2, -0.15) is 0 Å². The molecule has 1 nitrogen and oxygen atoms in total. The fourth-order valence-electron chi connectivity index (χ4n) is 1.65. The van der Waals surface area contributed by atoms with Crippen molar-refractivity contribution in [3.63, 3.8) is 0 Å². The summed E-state index contributed by atoms with van der Waals surface area (Å²) in [5, 5.41) is 3.12. The van der Waals surface area contributed by atoms with Crippen LogP contribution in [0.1, 0.15) is 30.9 Å². The summed E-state index contributed by atoms with van der Waals surface area (Å²) in [7, 11) is 1.83. The van der Waals surface area contributed by atoms with Crippen LogP contribution in [0.4, 0.5) is 4.39 Å². The van der Waals surface area contributed by atoms with E-state index in [1.54, 1.807) is 6.07 Å². The molecular formula is C13H15BrFN. The summed E-state index contributed by atoms with van der Waals surface area (Å²) >= 11 is 3.35. The molecule has 1 N–H and O–H groups in total. The van der Waals surface area contributed by atoms with Gasteiger partial charge < -0.3 is 5.32 Å². The SMILES string of the molecule is C#CCCCC(NC)c1cc(Br)ccc1F. The molecule has 0 amide bonds. The molecule has 0 bridgehead atoms. The van der Waals surface area contributed by atoms with Gasteiger partial charge in [-0.25, -0.2) is 4.39 Å². The number of halogens is 2. The second-order valence-corrected chi connectivity index (χ2v) is 4.52. The Morgan fingerprint density at radius 3 is 2.94 bits per heavy atom. The zero-order valence-electron chi connectivity index (χ0n) is 9.26. The lowest BCUT2D eigenvalue weighted by molar-refractivity contribution is 0.497. The van der Waals surface area contributed by atoms with Crippen molar-refractivity contribution in [3.05, 3.63) is 34.1 Å². The first-order chi connectivity index (χ1) is 7.69. The Balaban J connectivity index is 2.78. The number of rotatable bonds is 5. The van der Waals surface area contributed by atoms with Crippen LogP contribution in [0.3, 0.4) is 0 Å². The van der Waals surface area contributed by atoms with E-state index in [4.69, 9.17) is 6.42 Å². The summed E-state index contributed by atoms with van der Waals surface area (Å²) in [5.41, 5.74) is 0.689. The number of benzene rings is 1. The standard InChI is InChI=1S/C13H15BrFN/c1-3-4-5-6-13(16-2)11-9-10(14)7-8-12(11)15/h1,7-9,13,16H,4-6H2,2H3. The maximum absolute atomic E-state index is 13.6. The molecule has 1 unspecified atom stereocenters. The summed E-state index contributed by atoms with van der Waals surface area (Å²) in [5.74, 6) is 2.42. The van der Waals surface area contributed by atoms with Gasteiger partial charge >= 0.3 is 0 Å². The Morgan fingerprint density at radius 2 is 2.31 bits per heavy atom. The highest BCUT2D eigenvalue weighted by molar-refractivity contribution is 9.10. The van der Waals surface area contributed by atoms with Gasteiger partial charge in [0, 0.05) is 22.5 Å². The van der Waals surface area contributed by atoms with Crippen LogP contribution in [0.2, 0.25) is 0 Å². The van der Waals surface area contributed by atoms with Crippen molar-refractivity contribution in [2.75, 3.05) is 7.05 Å². The Labute approximate surface area is 105 Å². The van der Waals surface area contributed by atoms with E-state index in [0.717, 1.165) is 23.7 Å². The monoisotopic (exact) mass is 283 g/mol. The summed E-state index contributed by atoms with van der Waals surface area (Å²) in [6, 6.07) is 5.01. The van der Waals surface area contributed by atoms with Crippen LogP contribution in [-0.4, -0.2) is 7.05 Å². The predicted molar refractivity (Wildman–Crippen MR) is 68.6 cm³/mol. The van der Waals surface area contributed by atoms with Gasteiger partial charge in [0.15, 0.2) is 0 Å². The summed E-state index contributed by atoms with van der Waals surface area (Å²) < 4.78 is 14.5. The molecule has 86 valence electrons. The first-order valence-corrected chi connectivity index (χ1v) is 6.04. The minimum Gasteiger partial charge on any atom is -0.313 e. The Hall–Kier alpha value is -0.850. The molecule has 0 heterocycles. The summed E-state index contributed by atoms with van der Waals surface area (Å²) in [4.78, 5) is 0. The molecule has 1 aromatic carbocycles. The number of hydrogen-bond donors (Lipinski definition) is 1. The molecule has 0 saturated carbocycles. The van der Waals surface area contributed by atoms with E-state index in [2.05, 4.69) is 27.2 Å². The Morgan fingerprint density at radius 1 is 1.56 bits per heavy atom. The molecule has 1 rings (SSSR count). The topological polar surface area (TPSA) is 12.0 Å². The van der Waals surface area contributed by atoms with Crippen LogP contribution in [0, 0.1) is 18.2 Å². The molecule has 0 fully saturated rings. The van der Waals surface area contributed by atoms with E-state index in [1.165, 1.54) is 6.07 Å². The van der Waals surface area contributed by atoms with Gasteiger partial charge in [-0.3, -0.25) is 0 Å². The number of nitrogens with one attached hydrogen (secondary N) is 1. The maximum atomic E-state index is 13.6. The highest BCUT2D eigenvalue weighted by atomic mass is 79.9. The van der Waals surface area contributed by atoms with Crippen LogP contribution in [-0.2, 0) is 0 Å². The van der Waals surface area contributed by atoms with E-state index in [1.807, 2.05) is 13.1 Å². The number of hydrogen-bond acceptors (Lipinski definition) is 1. The van der Waals surface area contributed by atoms with E-state index in [9.17, 15) is 4.39 Å². The summed E-state index contributed by atoms with van der Waals surface area (Å²) in [6.07, 6.45) is 7.66. The third-order valence-corrected chi connectivity index (χ3v) is 2.99. The molecule has 0 aliphatic carbocycles. The quantitative estimate of drug-likeness (QED) is 0.643. The molecule has 1 atom stereocenters. The van der Waals surface area contributed by atoms with Crippen LogP contribution in [0.25, 0.3) is 0 Å². The number of unbranched alkanes of at least 4 members (excludes halogenated alkanes) is 1. The van der Waals surface area contributed by atoms with Crippen molar-refractivity contribution in [2.45, 2.75) is 25.3 Å². The predicted octanol–water partition coefficient (Wildman–Crippen LogP) is 3.65. The first-order valence-electron chi connectivity index (χ1n) is 5.24. The van der Waals surface area contributed by atoms with E-state index < -0.39 is 0 Å². The van der Waals surface area contributed by atoms with E-state index >= 15 is 0 Å². The maximum Gasteiger partial charge on any atom is 0.128 e. The molecule has 3 heteroatoms. The van der Waals surface area contributed by atoms with Crippen molar-refractivity contribution in [1.82, 2.24) is 5.32 Å². The molecule has 16 heavy (non-hydrogen) atoms. The first kappa shape index (κ1) is 13.2. The van der Waals surface area contributed by atoms with Crippen molar-refractivity contribution in [2.24, 2.45) is 0 Å². The van der Waals surface area contributed by atoms with Crippen LogP contribution in [0.5, 0.6) is 0 Å². The van der Waals surface area contributed by atoms with Crippen molar-refractivity contribution >= 4 is 15.9 Å². The summed E-state index contributed by atoms with van der Waals surface area (Å²) in [6.45, 7) is 0. The van der Waals surface area contributed by atoms with Gasteiger partial charge in [0.25, 0.3) is 0 Å². The largest absolute Gasteiger partial charge is 0.313 e. The molecule has 1 aromatic rings. The molecule has 0 aliphatic heterocycles. The highest BCUT2D eigenvalue weighted by Gasteiger charge is 2.13. The molecule has 0 radical (unpaired) electrons. The van der Waals surface area contributed by atoms with Gasteiger partial charge in [0.05, 0.1) is 0 Å². The molecule has 0 spiro atoms. The van der Waals surface area contributed by atoms with Crippen molar-refractivity contribution in [3.8, 4) is 12.3 Å². The normalized spacial score (nSPS) is 12.1. The van der Waals surface area contributed by atoms with Crippen LogP contribution >= 0.6 is 15.9 Å². The second-order valence-electron chi connectivity index (χ2n) is 3.60. The van der Waals surface area contributed by atoms with E-state index in [0.29, 0.717) is 5.56 Å². The minimum atomic E-state index is -0.178. The van der Waals surface area contributed by atoms with Gasteiger partial charge in [-0.05, 0) is 38.1 Å². The molecular weight excluding hydrogens is 269 g/mol. The third-order valence-electron chi connectivity index (χ3n) is 2.50. The van der Waals surface area contributed by atoms with Gasteiger partial charge in [-0.1, -0.05) is 15.9 Å². The molecule has 0 saturated heterocycles. The number of terminal acetylenes is 1. The van der Waals surface area contributed by atoms with Crippen molar-refractivity contribution < 1.29 is 4.39 Å². The zero-order chi connectivity index (χ0) is 12.0. The zero-order valence-corrected chi connectivity index (χ0v) is 10.8. The molecule has 0 aromatic heterocycles. The average Bonchev–Trinajstić information content (AvgIpc) is 2.28. The lowest BCUT2D eigenvalue weighted by Gasteiger charge is -2.17. The van der Waals surface area contributed by atoms with Gasteiger partial charge in [0.1, 0.15) is 5.82 Å². The highest BCUT2D eigenvalue weighted by Crippen LogP contribution is 2.25. The van der Waals surface area contributed by atoms with E-state index in [-0.39, 0.29) is 11.9 Å². The second kappa shape index (κ2) is 6.67. The molecule has 0 aliphatic rings. The lowest BCUT2D eigenvalue weighted by Crippen LogP contribution is -2.17. The third kappa shape index (κ3) is 3.62. The fraction of sp³-hybridized carbons (Fsp3) is 0.385. The van der Waals surface area contributed by atoms with Gasteiger partial charge in [0.2, 0.25) is 0 Å². The van der Waals surface area contributed by atoms with Gasteiger partial charge in [-0.15, -0.1) is 12.3 Å². The smallest absolute Gasteiger partial charge is 0.128 e. The average molecular weight is 284 g/mol. The Bertz CT molecular complexity index is 384. The van der Waals surface area contributed by atoms with Crippen molar-refractivity contribution in [1.29, 1.82) is 0 Å².